The number of hydrogen-bond acceptors (Lipinski definition) is 2. The van der Waals surface area contributed by atoms with Crippen LogP contribution in [-0.2, 0) is 0 Å². The number of para-hydroxylation sites is 1. The third-order valence-electron chi connectivity index (χ3n) is 3.93. The van der Waals surface area contributed by atoms with Gasteiger partial charge in [0.05, 0.1) is 5.56 Å². The molecule has 2 N–H and O–H groups in total. The van der Waals surface area contributed by atoms with Crippen LogP contribution in [0.4, 0.5) is 0 Å². The summed E-state index contributed by atoms with van der Waals surface area (Å²) in [5.74, 6) is 1.03. The van der Waals surface area contributed by atoms with Crippen molar-refractivity contribution in [1.82, 2.24) is 5.32 Å². The fraction of sp³-hybridized carbons (Fsp3) is 0.500. The monoisotopic (exact) mass is 233 g/mol. The standard InChI is InChI=1S/C14H19NO2/c1-9-7-8-12(10(9)2)15-14(17)11-5-3-4-6-13(11)16/h3-6,9-10,12,16H,7-8H2,1-2H3,(H,15,17). The number of benzene rings is 1. The molecule has 1 aromatic rings. The quantitative estimate of drug-likeness (QED) is 0.824. The molecular weight excluding hydrogens is 214 g/mol. The number of carbonyl (C=O) groups is 1. The van der Waals surface area contributed by atoms with Crippen LogP contribution < -0.4 is 5.32 Å². The van der Waals surface area contributed by atoms with E-state index in [0.717, 1.165) is 12.8 Å². The minimum atomic E-state index is -0.172. The summed E-state index contributed by atoms with van der Waals surface area (Å²) in [4.78, 5) is 12.0. The third-order valence-corrected chi connectivity index (χ3v) is 3.93. The highest BCUT2D eigenvalue weighted by atomic mass is 16.3. The van der Waals surface area contributed by atoms with E-state index in [1.54, 1.807) is 18.2 Å². The molecule has 0 aromatic heterocycles. The first-order valence-corrected chi connectivity index (χ1v) is 6.18. The lowest BCUT2D eigenvalue weighted by molar-refractivity contribution is 0.0924. The van der Waals surface area contributed by atoms with Gasteiger partial charge in [-0.3, -0.25) is 4.79 Å². The maximum absolute atomic E-state index is 12.0. The molecule has 1 aliphatic carbocycles. The van der Waals surface area contributed by atoms with E-state index in [1.165, 1.54) is 6.07 Å². The topological polar surface area (TPSA) is 49.3 Å². The van der Waals surface area contributed by atoms with Crippen molar-refractivity contribution in [2.45, 2.75) is 32.7 Å². The first kappa shape index (κ1) is 12.0. The smallest absolute Gasteiger partial charge is 0.255 e. The average molecular weight is 233 g/mol. The van der Waals surface area contributed by atoms with Gasteiger partial charge in [-0.2, -0.15) is 0 Å². The van der Waals surface area contributed by atoms with Gasteiger partial charge in [0.2, 0.25) is 0 Å². The molecular formula is C14H19NO2. The Morgan fingerprint density at radius 3 is 2.59 bits per heavy atom. The molecule has 2 rings (SSSR count). The molecule has 0 spiro atoms. The Bertz CT molecular complexity index is 416. The lowest BCUT2D eigenvalue weighted by Gasteiger charge is -2.19. The van der Waals surface area contributed by atoms with Gasteiger partial charge in [-0.1, -0.05) is 26.0 Å². The van der Waals surface area contributed by atoms with Gasteiger partial charge in [-0.05, 0) is 36.8 Å². The summed E-state index contributed by atoms with van der Waals surface area (Å²) < 4.78 is 0. The van der Waals surface area contributed by atoms with Crippen LogP contribution in [0, 0.1) is 11.8 Å². The number of carbonyl (C=O) groups excluding carboxylic acids is 1. The molecule has 3 nitrogen and oxygen atoms in total. The van der Waals surface area contributed by atoms with Crippen molar-refractivity contribution < 1.29 is 9.90 Å². The fourth-order valence-electron chi connectivity index (χ4n) is 2.48. The first-order chi connectivity index (χ1) is 8.09. The van der Waals surface area contributed by atoms with Crippen LogP contribution in [0.25, 0.3) is 0 Å². The van der Waals surface area contributed by atoms with E-state index in [4.69, 9.17) is 0 Å². The molecule has 3 heteroatoms. The van der Waals surface area contributed by atoms with Crippen LogP contribution in [0.1, 0.15) is 37.0 Å². The van der Waals surface area contributed by atoms with Gasteiger partial charge in [0.15, 0.2) is 0 Å². The third kappa shape index (κ3) is 2.43. The van der Waals surface area contributed by atoms with Crippen molar-refractivity contribution >= 4 is 5.91 Å². The predicted octanol–water partition coefficient (Wildman–Crippen LogP) is 2.56. The molecule has 17 heavy (non-hydrogen) atoms. The van der Waals surface area contributed by atoms with Gasteiger partial charge < -0.3 is 10.4 Å². The maximum Gasteiger partial charge on any atom is 0.255 e. The second-order valence-corrected chi connectivity index (χ2v) is 5.01. The van der Waals surface area contributed by atoms with E-state index in [-0.39, 0.29) is 17.7 Å². The van der Waals surface area contributed by atoms with Gasteiger partial charge >= 0.3 is 0 Å². The summed E-state index contributed by atoms with van der Waals surface area (Å²) in [7, 11) is 0. The van der Waals surface area contributed by atoms with Crippen LogP contribution in [0.2, 0.25) is 0 Å². The molecule has 1 aromatic carbocycles. The summed E-state index contributed by atoms with van der Waals surface area (Å²) >= 11 is 0. The van der Waals surface area contributed by atoms with Crippen molar-refractivity contribution in [3.63, 3.8) is 0 Å². The van der Waals surface area contributed by atoms with Gasteiger partial charge in [-0.25, -0.2) is 0 Å². The molecule has 1 saturated carbocycles. The summed E-state index contributed by atoms with van der Waals surface area (Å²) in [6.07, 6.45) is 2.19. The highest BCUT2D eigenvalue weighted by Crippen LogP contribution is 2.31. The Kier molecular flexibility index (Phi) is 3.36. The van der Waals surface area contributed by atoms with Crippen LogP contribution >= 0.6 is 0 Å². The van der Waals surface area contributed by atoms with E-state index < -0.39 is 0 Å². The Hall–Kier alpha value is -1.51. The van der Waals surface area contributed by atoms with Crippen molar-refractivity contribution in [3.05, 3.63) is 29.8 Å². The molecule has 92 valence electrons. The molecule has 0 bridgehead atoms. The maximum atomic E-state index is 12.0. The van der Waals surface area contributed by atoms with Crippen LogP contribution in [0.3, 0.4) is 0 Å². The number of nitrogens with one attached hydrogen (secondary N) is 1. The van der Waals surface area contributed by atoms with Crippen LogP contribution in [-0.4, -0.2) is 17.1 Å². The summed E-state index contributed by atoms with van der Waals surface area (Å²) in [6.45, 7) is 4.39. The summed E-state index contributed by atoms with van der Waals surface area (Å²) in [6, 6.07) is 6.89. The minimum absolute atomic E-state index is 0.0451. The normalized spacial score (nSPS) is 28.0. The molecule has 0 saturated heterocycles. The highest BCUT2D eigenvalue weighted by molar-refractivity contribution is 5.96. The molecule has 3 unspecified atom stereocenters. The van der Waals surface area contributed by atoms with Gasteiger partial charge in [-0.15, -0.1) is 0 Å². The molecule has 0 heterocycles. The summed E-state index contributed by atoms with van der Waals surface area (Å²) in [5.41, 5.74) is 0.360. The second-order valence-electron chi connectivity index (χ2n) is 5.01. The van der Waals surface area contributed by atoms with E-state index in [9.17, 15) is 9.90 Å². The number of aromatic hydroxyl groups is 1. The lowest BCUT2D eigenvalue weighted by atomic mass is 9.97. The second kappa shape index (κ2) is 4.78. The van der Waals surface area contributed by atoms with Gasteiger partial charge in [0.25, 0.3) is 5.91 Å². The predicted molar refractivity (Wildman–Crippen MR) is 66.9 cm³/mol. The molecule has 0 radical (unpaired) electrons. The Morgan fingerprint density at radius 2 is 2.00 bits per heavy atom. The number of phenolic OH excluding ortho intramolecular Hbond substituents is 1. The van der Waals surface area contributed by atoms with E-state index in [1.807, 2.05) is 0 Å². The Morgan fingerprint density at radius 1 is 1.29 bits per heavy atom. The number of phenols is 1. The SMILES string of the molecule is CC1CCC(NC(=O)c2ccccc2O)C1C. The highest BCUT2D eigenvalue weighted by Gasteiger charge is 2.31. The molecule has 1 aliphatic rings. The van der Waals surface area contributed by atoms with E-state index in [2.05, 4.69) is 19.2 Å². The molecule has 1 amide bonds. The zero-order valence-electron chi connectivity index (χ0n) is 10.3. The zero-order chi connectivity index (χ0) is 12.4. The minimum Gasteiger partial charge on any atom is -0.507 e. The Balaban J connectivity index is 2.05. The first-order valence-electron chi connectivity index (χ1n) is 6.18. The van der Waals surface area contributed by atoms with Gasteiger partial charge in [0.1, 0.15) is 5.75 Å². The van der Waals surface area contributed by atoms with E-state index >= 15 is 0 Å². The van der Waals surface area contributed by atoms with Crippen molar-refractivity contribution in [3.8, 4) is 5.75 Å². The van der Waals surface area contributed by atoms with Crippen molar-refractivity contribution in [1.29, 1.82) is 0 Å². The largest absolute Gasteiger partial charge is 0.507 e. The fourth-order valence-corrected chi connectivity index (χ4v) is 2.48. The Labute approximate surface area is 102 Å². The van der Waals surface area contributed by atoms with E-state index in [0.29, 0.717) is 17.4 Å². The molecule has 3 atom stereocenters. The number of amides is 1. The number of hydrogen-bond donors (Lipinski definition) is 2. The van der Waals surface area contributed by atoms with Crippen LogP contribution in [0.5, 0.6) is 5.75 Å². The number of rotatable bonds is 2. The average Bonchev–Trinajstić information content (AvgIpc) is 2.61. The van der Waals surface area contributed by atoms with Crippen molar-refractivity contribution in [2.75, 3.05) is 0 Å². The van der Waals surface area contributed by atoms with Crippen LogP contribution in [0.15, 0.2) is 24.3 Å². The molecule has 1 fully saturated rings. The molecule has 0 aliphatic heterocycles. The lowest BCUT2D eigenvalue weighted by Crippen LogP contribution is -2.37. The summed E-state index contributed by atoms with van der Waals surface area (Å²) in [5, 5.41) is 12.6. The van der Waals surface area contributed by atoms with Crippen molar-refractivity contribution in [2.24, 2.45) is 11.8 Å². The van der Waals surface area contributed by atoms with Gasteiger partial charge in [0, 0.05) is 6.04 Å². The zero-order valence-corrected chi connectivity index (χ0v) is 10.3.